The number of aliphatic hydroxyl groups is 1. The topological polar surface area (TPSA) is 58.4 Å². The number of hydrogen-bond donors (Lipinski definition) is 1. The van der Waals surface area contributed by atoms with Crippen LogP contribution in [0.25, 0.3) is 5.69 Å². The first-order chi connectivity index (χ1) is 12.8. The molecular formula is C22H31N3O2. The molecule has 5 nitrogen and oxygen atoms in total. The van der Waals surface area contributed by atoms with Crippen molar-refractivity contribution in [2.24, 2.45) is 5.92 Å². The third-order valence-corrected chi connectivity index (χ3v) is 5.40. The predicted molar refractivity (Wildman–Crippen MR) is 107 cm³/mol. The van der Waals surface area contributed by atoms with Gasteiger partial charge in [0, 0.05) is 31.1 Å². The van der Waals surface area contributed by atoms with Gasteiger partial charge in [-0.05, 0) is 25.0 Å². The zero-order valence-corrected chi connectivity index (χ0v) is 16.9. The second kappa shape index (κ2) is 7.85. The lowest BCUT2D eigenvalue weighted by molar-refractivity contribution is 0.0450. The highest BCUT2D eigenvalue weighted by Gasteiger charge is 2.30. The lowest BCUT2D eigenvalue weighted by Gasteiger charge is -2.31. The summed E-state index contributed by atoms with van der Waals surface area (Å²) in [4.78, 5) is 15.0. The third-order valence-electron chi connectivity index (χ3n) is 5.40. The van der Waals surface area contributed by atoms with Crippen LogP contribution in [0, 0.1) is 5.92 Å². The monoisotopic (exact) mass is 369 g/mol. The van der Waals surface area contributed by atoms with E-state index in [0.29, 0.717) is 12.1 Å². The van der Waals surface area contributed by atoms with E-state index in [1.54, 1.807) is 9.58 Å². The zero-order chi connectivity index (χ0) is 19.6. The summed E-state index contributed by atoms with van der Waals surface area (Å²) in [5, 5.41) is 15.0. The Morgan fingerprint density at radius 1 is 1.22 bits per heavy atom. The summed E-state index contributed by atoms with van der Waals surface area (Å²) in [5.74, 6) is 0.134. The number of nitrogens with zero attached hydrogens (tertiary/aromatic N) is 3. The fraction of sp³-hybridized carbons (Fsp3) is 0.545. The van der Waals surface area contributed by atoms with E-state index < -0.39 is 0 Å². The minimum atomic E-state index is -0.303. The van der Waals surface area contributed by atoms with Crippen molar-refractivity contribution in [3.8, 4) is 5.69 Å². The molecule has 0 saturated heterocycles. The van der Waals surface area contributed by atoms with Crippen LogP contribution in [-0.4, -0.2) is 45.4 Å². The molecule has 1 aliphatic carbocycles. The van der Waals surface area contributed by atoms with E-state index in [2.05, 4.69) is 20.8 Å². The molecule has 1 fully saturated rings. The molecule has 1 amide bonds. The summed E-state index contributed by atoms with van der Waals surface area (Å²) < 4.78 is 1.79. The van der Waals surface area contributed by atoms with Gasteiger partial charge in [-0.25, -0.2) is 4.68 Å². The van der Waals surface area contributed by atoms with Gasteiger partial charge in [0.15, 0.2) is 0 Å². The summed E-state index contributed by atoms with van der Waals surface area (Å²) in [6.07, 6.45) is 5.56. The van der Waals surface area contributed by atoms with Crippen LogP contribution >= 0.6 is 0 Å². The quantitative estimate of drug-likeness (QED) is 0.892. The van der Waals surface area contributed by atoms with Crippen LogP contribution in [-0.2, 0) is 5.41 Å². The summed E-state index contributed by atoms with van der Waals surface area (Å²) >= 11 is 0. The minimum Gasteiger partial charge on any atom is -0.393 e. The highest BCUT2D eigenvalue weighted by Crippen LogP contribution is 2.28. The molecule has 1 N–H and O–H groups in total. The average molecular weight is 370 g/mol. The van der Waals surface area contributed by atoms with Gasteiger partial charge >= 0.3 is 0 Å². The van der Waals surface area contributed by atoms with Gasteiger partial charge in [0.05, 0.1) is 23.0 Å². The number of rotatable bonds is 4. The average Bonchev–Trinajstić information content (AvgIpc) is 3.09. The Morgan fingerprint density at radius 3 is 2.52 bits per heavy atom. The van der Waals surface area contributed by atoms with Crippen molar-refractivity contribution in [3.05, 3.63) is 47.8 Å². The molecule has 146 valence electrons. The molecule has 1 aliphatic rings. The Bertz CT molecular complexity index is 777. The van der Waals surface area contributed by atoms with Crippen molar-refractivity contribution in [2.75, 3.05) is 13.6 Å². The molecule has 2 aromatic rings. The molecule has 0 bridgehead atoms. The lowest BCUT2D eigenvalue weighted by Crippen LogP contribution is -2.38. The van der Waals surface area contributed by atoms with Gasteiger partial charge in [-0.2, -0.15) is 5.10 Å². The number of para-hydroxylation sites is 1. The molecule has 1 heterocycles. The van der Waals surface area contributed by atoms with E-state index in [9.17, 15) is 9.90 Å². The molecule has 3 rings (SSSR count). The van der Waals surface area contributed by atoms with Crippen LogP contribution in [0.2, 0.25) is 0 Å². The van der Waals surface area contributed by atoms with Crippen LogP contribution in [0.1, 0.15) is 62.5 Å². The Morgan fingerprint density at radius 2 is 1.89 bits per heavy atom. The van der Waals surface area contributed by atoms with Crippen molar-refractivity contribution >= 4 is 5.91 Å². The first-order valence-corrected chi connectivity index (χ1v) is 9.86. The molecular weight excluding hydrogens is 338 g/mol. The maximum absolute atomic E-state index is 13.2. The number of carbonyl (C=O) groups is 1. The molecule has 5 heteroatoms. The van der Waals surface area contributed by atoms with Gasteiger partial charge in [0.25, 0.3) is 5.91 Å². The van der Waals surface area contributed by atoms with Gasteiger partial charge in [0.2, 0.25) is 0 Å². The Labute approximate surface area is 162 Å². The number of amides is 1. The van der Waals surface area contributed by atoms with Gasteiger partial charge in [-0.3, -0.25) is 4.79 Å². The van der Waals surface area contributed by atoms with E-state index in [0.717, 1.165) is 37.1 Å². The molecule has 27 heavy (non-hydrogen) atoms. The van der Waals surface area contributed by atoms with E-state index in [4.69, 9.17) is 5.10 Å². The van der Waals surface area contributed by atoms with E-state index >= 15 is 0 Å². The van der Waals surface area contributed by atoms with E-state index in [1.807, 2.05) is 43.6 Å². The minimum absolute atomic E-state index is 0.0279. The summed E-state index contributed by atoms with van der Waals surface area (Å²) in [6.45, 7) is 6.81. The molecule has 0 radical (unpaired) electrons. The summed E-state index contributed by atoms with van der Waals surface area (Å²) in [7, 11) is 1.83. The maximum atomic E-state index is 13.2. The standard InChI is InChI=1S/C22H31N3O2/c1-22(2,3)20-18(15-25(23-20)17-11-6-5-7-12-17)21(27)24(4)14-16-10-8-9-13-19(16)26/h5-7,11-12,15-16,19,26H,8-10,13-14H2,1-4H3. The third kappa shape index (κ3) is 4.41. The van der Waals surface area contributed by atoms with Crippen LogP contribution < -0.4 is 0 Å². The normalized spacial score (nSPS) is 20.5. The van der Waals surface area contributed by atoms with Crippen LogP contribution in [0.4, 0.5) is 0 Å². The van der Waals surface area contributed by atoms with Crippen molar-refractivity contribution < 1.29 is 9.90 Å². The number of aromatic nitrogens is 2. The maximum Gasteiger partial charge on any atom is 0.257 e. The van der Waals surface area contributed by atoms with Crippen LogP contribution in [0.5, 0.6) is 0 Å². The van der Waals surface area contributed by atoms with Crippen LogP contribution in [0.3, 0.4) is 0 Å². The fourth-order valence-corrected chi connectivity index (χ4v) is 3.84. The van der Waals surface area contributed by atoms with E-state index in [1.165, 1.54) is 0 Å². The lowest BCUT2D eigenvalue weighted by atomic mass is 9.86. The summed E-state index contributed by atoms with van der Waals surface area (Å²) in [5.41, 5.74) is 2.13. The first-order valence-electron chi connectivity index (χ1n) is 9.86. The number of benzene rings is 1. The van der Waals surface area contributed by atoms with Gasteiger partial charge < -0.3 is 10.0 Å². The first kappa shape index (κ1) is 19.6. The zero-order valence-electron chi connectivity index (χ0n) is 16.9. The Kier molecular flexibility index (Phi) is 5.70. The number of aliphatic hydroxyl groups excluding tert-OH is 1. The predicted octanol–water partition coefficient (Wildman–Crippen LogP) is 3.79. The van der Waals surface area contributed by atoms with Crippen molar-refractivity contribution in [1.82, 2.24) is 14.7 Å². The van der Waals surface area contributed by atoms with Crippen LogP contribution in [0.15, 0.2) is 36.5 Å². The van der Waals surface area contributed by atoms with Gasteiger partial charge in [0.1, 0.15) is 0 Å². The SMILES string of the molecule is CN(CC1CCCCC1O)C(=O)c1cn(-c2ccccc2)nc1C(C)(C)C. The van der Waals surface area contributed by atoms with Gasteiger partial charge in [-0.15, -0.1) is 0 Å². The smallest absolute Gasteiger partial charge is 0.257 e. The van der Waals surface area contributed by atoms with Gasteiger partial charge in [-0.1, -0.05) is 51.8 Å². The number of carbonyl (C=O) groups excluding carboxylic acids is 1. The molecule has 2 unspecified atom stereocenters. The molecule has 1 saturated carbocycles. The second-order valence-electron chi connectivity index (χ2n) is 8.72. The van der Waals surface area contributed by atoms with Crippen molar-refractivity contribution in [3.63, 3.8) is 0 Å². The fourth-order valence-electron chi connectivity index (χ4n) is 3.84. The Balaban J connectivity index is 1.87. The highest BCUT2D eigenvalue weighted by molar-refractivity contribution is 5.95. The molecule has 1 aromatic carbocycles. The largest absolute Gasteiger partial charge is 0.393 e. The molecule has 2 atom stereocenters. The summed E-state index contributed by atoms with van der Waals surface area (Å²) in [6, 6.07) is 9.86. The molecule has 1 aromatic heterocycles. The van der Waals surface area contributed by atoms with E-state index in [-0.39, 0.29) is 23.3 Å². The van der Waals surface area contributed by atoms with Crippen molar-refractivity contribution in [2.45, 2.75) is 58.0 Å². The number of hydrogen-bond acceptors (Lipinski definition) is 3. The highest BCUT2D eigenvalue weighted by atomic mass is 16.3. The Hall–Kier alpha value is -2.14. The molecule has 0 aliphatic heterocycles. The van der Waals surface area contributed by atoms with Crippen molar-refractivity contribution in [1.29, 1.82) is 0 Å². The second-order valence-corrected chi connectivity index (χ2v) is 8.72. The molecule has 0 spiro atoms.